The Kier molecular flexibility index (Phi) is 4.23. The molecule has 0 aliphatic heterocycles. The van der Waals surface area contributed by atoms with Crippen LogP contribution >= 0.6 is 0 Å². The minimum atomic E-state index is -4.35. The topological polar surface area (TPSA) is 29.9 Å². The van der Waals surface area contributed by atoms with Crippen LogP contribution in [0.15, 0.2) is 42.5 Å². The van der Waals surface area contributed by atoms with Crippen molar-refractivity contribution in [2.45, 2.75) is 25.6 Å². The third-order valence-electron chi connectivity index (χ3n) is 5.15. The molecule has 1 aromatic heterocycles. The SMILES string of the molecule is Cn1c(CNCC2Cc3ccccc3C2)nc2cc(C(F)(F)F)ccc21. The molecule has 3 aromatic rings. The van der Waals surface area contributed by atoms with Crippen molar-refractivity contribution in [3.05, 3.63) is 65.0 Å². The Morgan fingerprint density at radius 2 is 1.81 bits per heavy atom. The minimum Gasteiger partial charge on any atom is -0.330 e. The van der Waals surface area contributed by atoms with Crippen LogP contribution in [-0.2, 0) is 32.6 Å². The third kappa shape index (κ3) is 3.21. The normalized spacial score (nSPS) is 14.9. The van der Waals surface area contributed by atoms with E-state index in [4.69, 9.17) is 0 Å². The van der Waals surface area contributed by atoms with Crippen molar-refractivity contribution in [1.82, 2.24) is 14.9 Å². The number of nitrogens with zero attached hydrogens (tertiary/aromatic N) is 2. The van der Waals surface area contributed by atoms with E-state index < -0.39 is 11.7 Å². The standard InChI is InChI=1S/C20H20F3N3/c1-26-18-7-6-16(20(21,22)23)10-17(18)25-19(26)12-24-11-13-8-14-4-2-3-5-15(14)9-13/h2-7,10,13,24H,8-9,11-12H2,1H3. The van der Waals surface area contributed by atoms with E-state index >= 15 is 0 Å². The first-order chi connectivity index (χ1) is 12.4. The molecule has 0 fully saturated rings. The summed E-state index contributed by atoms with van der Waals surface area (Å²) in [5, 5.41) is 3.42. The van der Waals surface area contributed by atoms with Crippen molar-refractivity contribution < 1.29 is 13.2 Å². The van der Waals surface area contributed by atoms with Gasteiger partial charge in [0.15, 0.2) is 0 Å². The number of aromatic nitrogens is 2. The van der Waals surface area contributed by atoms with E-state index in [1.54, 1.807) is 0 Å². The lowest BCUT2D eigenvalue weighted by Gasteiger charge is -2.10. The molecule has 26 heavy (non-hydrogen) atoms. The molecule has 0 saturated heterocycles. The molecule has 0 bridgehead atoms. The zero-order valence-corrected chi connectivity index (χ0v) is 14.5. The third-order valence-corrected chi connectivity index (χ3v) is 5.15. The predicted molar refractivity (Wildman–Crippen MR) is 94.8 cm³/mol. The number of nitrogens with one attached hydrogen (secondary N) is 1. The van der Waals surface area contributed by atoms with E-state index in [9.17, 15) is 13.2 Å². The van der Waals surface area contributed by atoms with Crippen molar-refractivity contribution in [3.8, 4) is 0 Å². The number of halogens is 3. The first kappa shape index (κ1) is 17.1. The lowest BCUT2D eigenvalue weighted by atomic mass is 10.1. The fourth-order valence-electron chi connectivity index (χ4n) is 3.77. The van der Waals surface area contributed by atoms with Gasteiger partial charge in [-0.25, -0.2) is 4.98 Å². The molecule has 0 amide bonds. The van der Waals surface area contributed by atoms with Crippen LogP contribution < -0.4 is 5.32 Å². The van der Waals surface area contributed by atoms with Gasteiger partial charge >= 0.3 is 6.18 Å². The molecule has 2 aromatic carbocycles. The molecule has 0 unspecified atom stereocenters. The molecule has 4 rings (SSSR count). The number of benzene rings is 2. The zero-order valence-electron chi connectivity index (χ0n) is 14.5. The summed E-state index contributed by atoms with van der Waals surface area (Å²) in [7, 11) is 1.84. The van der Waals surface area contributed by atoms with Crippen LogP contribution in [-0.4, -0.2) is 16.1 Å². The molecule has 0 atom stereocenters. The average molecular weight is 359 g/mol. The summed E-state index contributed by atoms with van der Waals surface area (Å²) in [6, 6.07) is 12.2. The molecule has 3 nitrogen and oxygen atoms in total. The van der Waals surface area contributed by atoms with Gasteiger partial charge in [-0.15, -0.1) is 0 Å². The minimum absolute atomic E-state index is 0.382. The van der Waals surface area contributed by atoms with Crippen LogP contribution in [0.25, 0.3) is 11.0 Å². The smallest absolute Gasteiger partial charge is 0.330 e. The molecule has 6 heteroatoms. The first-order valence-electron chi connectivity index (χ1n) is 8.72. The van der Waals surface area contributed by atoms with Crippen LogP contribution in [0.3, 0.4) is 0 Å². The van der Waals surface area contributed by atoms with E-state index in [1.807, 2.05) is 11.6 Å². The molecule has 136 valence electrons. The van der Waals surface area contributed by atoms with Gasteiger partial charge in [-0.1, -0.05) is 24.3 Å². The van der Waals surface area contributed by atoms with Crippen LogP contribution in [0.5, 0.6) is 0 Å². The number of imidazole rings is 1. The highest BCUT2D eigenvalue weighted by molar-refractivity contribution is 5.77. The van der Waals surface area contributed by atoms with Gasteiger partial charge in [0.1, 0.15) is 5.82 Å². The Hall–Kier alpha value is -2.34. The van der Waals surface area contributed by atoms with E-state index in [0.29, 0.717) is 23.5 Å². The number of aryl methyl sites for hydroxylation is 1. The van der Waals surface area contributed by atoms with Gasteiger partial charge in [0, 0.05) is 7.05 Å². The van der Waals surface area contributed by atoms with Gasteiger partial charge in [-0.05, 0) is 54.6 Å². The van der Waals surface area contributed by atoms with Crippen LogP contribution in [0.1, 0.15) is 22.5 Å². The zero-order chi connectivity index (χ0) is 18.3. The van der Waals surface area contributed by atoms with Gasteiger partial charge in [0.25, 0.3) is 0 Å². The number of fused-ring (bicyclic) bond motifs is 2. The molecule has 0 saturated carbocycles. The van der Waals surface area contributed by atoms with Crippen molar-refractivity contribution in [2.75, 3.05) is 6.54 Å². The van der Waals surface area contributed by atoms with Crippen molar-refractivity contribution in [1.29, 1.82) is 0 Å². The fourth-order valence-corrected chi connectivity index (χ4v) is 3.77. The highest BCUT2D eigenvalue weighted by Gasteiger charge is 2.31. The van der Waals surface area contributed by atoms with E-state index in [2.05, 4.69) is 34.6 Å². The number of hydrogen-bond acceptors (Lipinski definition) is 2. The Labute approximate surface area is 149 Å². The summed E-state index contributed by atoms with van der Waals surface area (Å²) in [4.78, 5) is 4.39. The second-order valence-electron chi connectivity index (χ2n) is 6.96. The summed E-state index contributed by atoms with van der Waals surface area (Å²) in [6.07, 6.45) is -2.21. The van der Waals surface area contributed by atoms with Gasteiger partial charge in [0.05, 0.1) is 23.1 Å². The largest absolute Gasteiger partial charge is 0.416 e. The van der Waals surface area contributed by atoms with Gasteiger partial charge in [-0.3, -0.25) is 0 Å². The quantitative estimate of drug-likeness (QED) is 0.760. The maximum absolute atomic E-state index is 12.9. The van der Waals surface area contributed by atoms with Crippen LogP contribution in [0.4, 0.5) is 13.2 Å². The number of alkyl halides is 3. The molecule has 0 spiro atoms. The van der Waals surface area contributed by atoms with Crippen LogP contribution in [0, 0.1) is 5.92 Å². The monoisotopic (exact) mass is 359 g/mol. The molecule has 1 N–H and O–H groups in total. The summed E-state index contributed by atoms with van der Waals surface area (Å²) < 4.78 is 40.4. The van der Waals surface area contributed by atoms with Gasteiger partial charge in [0.2, 0.25) is 0 Å². The molecule has 1 aliphatic rings. The second kappa shape index (κ2) is 6.43. The molecular formula is C20H20F3N3. The lowest BCUT2D eigenvalue weighted by molar-refractivity contribution is -0.137. The Morgan fingerprint density at radius 3 is 2.46 bits per heavy atom. The molecule has 1 heterocycles. The predicted octanol–water partition coefficient (Wildman–Crippen LogP) is 4.10. The van der Waals surface area contributed by atoms with E-state index in [0.717, 1.165) is 37.3 Å². The first-order valence-corrected chi connectivity index (χ1v) is 8.72. The Balaban J connectivity index is 1.42. The maximum Gasteiger partial charge on any atom is 0.416 e. The van der Waals surface area contributed by atoms with Crippen LogP contribution in [0.2, 0.25) is 0 Å². The fraction of sp³-hybridized carbons (Fsp3) is 0.350. The lowest BCUT2D eigenvalue weighted by Crippen LogP contribution is -2.24. The second-order valence-corrected chi connectivity index (χ2v) is 6.96. The summed E-state index contributed by atoms with van der Waals surface area (Å²) >= 11 is 0. The van der Waals surface area contributed by atoms with E-state index in [-0.39, 0.29) is 0 Å². The van der Waals surface area contributed by atoms with Gasteiger partial charge < -0.3 is 9.88 Å². The van der Waals surface area contributed by atoms with E-state index in [1.165, 1.54) is 17.2 Å². The Bertz CT molecular complexity index is 918. The van der Waals surface area contributed by atoms with Gasteiger partial charge in [-0.2, -0.15) is 13.2 Å². The van der Waals surface area contributed by atoms with Crippen molar-refractivity contribution in [3.63, 3.8) is 0 Å². The maximum atomic E-state index is 12.9. The van der Waals surface area contributed by atoms with Crippen molar-refractivity contribution in [2.24, 2.45) is 13.0 Å². The highest BCUT2D eigenvalue weighted by atomic mass is 19.4. The highest BCUT2D eigenvalue weighted by Crippen LogP contribution is 2.31. The summed E-state index contributed by atoms with van der Waals surface area (Å²) in [6.45, 7) is 1.41. The molecular weight excluding hydrogens is 339 g/mol. The summed E-state index contributed by atoms with van der Waals surface area (Å²) in [5.41, 5.74) is 3.27. The molecule has 1 aliphatic carbocycles. The average Bonchev–Trinajstić information content (AvgIpc) is 3.15. The number of hydrogen-bond donors (Lipinski definition) is 1. The number of rotatable bonds is 4. The molecule has 0 radical (unpaired) electrons. The Morgan fingerprint density at radius 1 is 1.12 bits per heavy atom. The van der Waals surface area contributed by atoms with Crippen molar-refractivity contribution >= 4 is 11.0 Å². The summed E-state index contributed by atoms with van der Waals surface area (Å²) in [5.74, 6) is 1.30.